The number of likely N-dealkylation sites (tertiary alicyclic amines) is 2. The molecule has 6 rings (SSSR count). The van der Waals surface area contributed by atoms with E-state index in [1.807, 2.05) is 24.8 Å². The number of benzene rings is 1. The average Bonchev–Trinajstić information content (AvgIpc) is 3.73. The topological polar surface area (TPSA) is 56.8 Å². The highest BCUT2D eigenvalue weighted by Crippen LogP contribution is 2.44. The molecular formula is C31H40N4O2. The van der Waals surface area contributed by atoms with Gasteiger partial charge in [-0.1, -0.05) is 30.3 Å². The fourth-order valence-electron chi connectivity index (χ4n) is 7.32. The zero-order valence-corrected chi connectivity index (χ0v) is 22.3. The number of aryl methyl sites for hydroxylation is 2. The summed E-state index contributed by atoms with van der Waals surface area (Å²) in [5.74, 6) is 1.91. The monoisotopic (exact) mass is 500 g/mol. The van der Waals surface area contributed by atoms with Gasteiger partial charge in [0.05, 0.1) is 11.3 Å². The van der Waals surface area contributed by atoms with Crippen LogP contribution < -0.4 is 0 Å². The van der Waals surface area contributed by atoms with E-state index in [-0.39, 0.29) is 11.8 Å². The Labute approximate surface area is 221 Å². The van der Waals surface area contributed by atoms with Gasteiger partial charge in [-0.2, -0.15) is 0 Å². The molecule has 6 nitrogen and oxygen atoms in total. The van der Waals surface area contributed by atoms with E-state index in [9.17, 15) is 9.59 Å². The number of carbonyl (C=O) groups excluding carboxylic acids is 2. The van der Waals surface area contributed by atoms with Crippen molar-refractivity contribution < 1.29 is 9.59 Å². The molecule has 0 radical (unpaired) electrons. The summed E-state index contributed by atoms with van der Waals surface area (Å²) in [6, 6.07) is 13.4. The summed E-state index contributed by atoms with van der Waals surface area (Å²) >= 11 is 0. The number of pyridine rings is 1. The fourth-order valence-corrected chi connectivity index (χ4v) is 7.32. The van der Waals surface area contributed by atoms with E-state index < -0.39 is 0 Å². The van der Waals surface area contributed by atoms with E-state index in [1.165, 1.54) is 18.4 Å². The van der Waals surface area contributed by atoms with Gasteiger partial charge in [0.25, 0.3) is 5.91 Å². The van der Waals surface area contributed by atoms with Crippen LogP contribution in [0.15, 0.2) is 42.6 Å². The van der Waals surface area contributed by atoms with Crippen LogP contribution in [0.2, 0.25) is 0 Å². The molecule has 4 fully saturated rings. The van der Waals surface area contributed by atoms with Crippen molar-refractivity contribution in [2.24, 2.45) is 17.8 Å². The number of hydrogen-bond acceptors (Lipinski definition) is 4. The molecule has 2 atom stereocenters. The van der Waals surface area contributed by atoms with Crippen molar-refractivity contribution in [2.75, 3.05) is 26.2 Å². The number of nitrogens with zero attached hydrogens (tertiary/aromatic N) is 4. The van der Waals surface area contributed by atoms with Gasteiger partial charge in [-0.25, -0.2) is 0 Å². The number of carbonyl (C=O) groups is 2. The van der Waals surface area contributed by atoms with Gasteiger partial charge in [0.1, 0.15) is 0 Å². The predicted molar refractivity (Wildman–Crippen MR) is 144 cm³/mol. The van der Waals surface area contributed by atoms with Crippen LogP contribution in [-0.2, 0) is 11.3 Å². The highest BCUT2D eigenvalue weighted by atomic mass is 16.2. The second-order valence-corrected chi connectivity index (χ2v) is 11.9. The molecule has 0 spiro atoms. The molecule has 37 heavy (non-hydrogen) atoms. The highest BCUT2D eigenvalue weighted by molar-refractivity contribution is 5.96. The van der Waals surface area contributed by atoms with Crippen LogP contribution in [-0.4, -0.2) is 69.8 Å². The summed E-state index contributed by atoms with van der Waals surface area (Å²) in [5, 5.41) is 0. The Balaban J connectivity index is 1.10. The SMILES string of the molecule is Cc1ccnc(C)c1C(=O)N1CCC(N2CC3CCC(C2)C3N(Cc2ccccc2)C(=O)C2CC2)CC1. The van der Waals surface area contributed by atoms with Crippen molar-refractivity contribution in [3.05, 3.63) is 65.0 Å². The number of aromatic nitrogens is 1. The van der Waals surface area contributed by atoms with E-state index in [0.29, 0.717) is 29.8 Å². The van der Waals surface area contributed by atoms with Crippen LogP contribution in [0.5, 0.6) is 0 Å². The Kier molecular flexibility index (Phi) is 6.78. The van der Waals surface area contributed by atoms with E-state index in [2.05, 4.69) is 45.1 Å². The molecule has 2 aliphatic carbocycles. The zero-order valence-electron chi connectivity index (χ0n) is 22.3. The molecule has 2 aliphatic heterocycles. The quantitative estimate of drug-likeness (QED) is 0.588. The van der Waals surface area contributed by atoms with Gasteiger partial charge in [0.15, 0.2) is 0 Å². The Morgan fingerprint density at radius 1 is 0.919 bits per heavy atom. The summed E-state index contributed by atoms with van der Waals surface area (Å²) < 4.78 is 0. The number of fused-ring (bicyclic) bond motifs is 2. The van der Waals surface area contributed by atoms with E-state index >= 15 is 0 Å². The molecule has 2 amide bonds. The van der Waals surface area contributed by atoms with Crippen LogP contribution in [0.4, 0.5) is 0 Å². The maximum atomic E-state index is 13.4. The lowest BCUT2D eigenvalue weighted by molar-refractivity contribution is -0.139. The first-order chi connectivity index (χ1) is 18.0. The summed E-state index contributed by atoms with van der Waals surface area (Å²) in [4.78, 5) is 38.1. The van der Waals surface area contributed by atoms with Crippen LogP contribution in [0, 0.1) is 31.6 Å². The average molecular weight is 501 g/mol. The summed E-state index contributed by atoms with van der Waals surface area (Å²) in [5.41, 5.74) is 3.86. The van der Waals surface area contributed by atoms with Crippen LogP contribution >= 0.6 is 0 Å². The lowest BCUT2D eigenvalue weighted by Gasteiger charge is -2.48. The maximum Gasteiger partial charge on any atom is 0.255 e. The summed E-state index contributed by atoms with van der Waals surface area (Å²) in [7, 11) is 0. The number of piperidine rings is 2. The Morgan fingerprint density at radius 2 is 1.59 bits per heavy atom. The Hall–Kier alpha value is -2.73. The van der Waals surface area contributed by atoms with Crippen molar-refractivity contribution in [2.45, 2.75) is 71.0 Å². The number of rotatable bonds is 6. The molecule has 1 aromatic heterocycles. The van der Waals surface area contributed by atoms with Crippen molar-refractivity contribution in [3.63, 3.8) is 0 Å². The maximum absolute atomic E-state index is 13.4. The van der Waals surface area contributed by atoms with Gasteiger partial charge >= 0.3 is 0 Å². The molecule has 3 heterocycles. The molecule has 2 unspecified atom stereocenters. The molecule has 4 aliphatic rings. The molecule has 6 heteroatoms. The Morgan fingerprint density at radius 3 is 2.22 bits per heavy atom. The normalized spacial score (nSPS) is 26.3. The van der Waals surface area contributed by atoms with Gasteiger partial charge in [0, 0.05) is 56.9 Å². The third kappa shape index (κ3) is 4.93. The zero-order chi connectivity index (χ0) is 25.5. The van der Waals surface area contributed by atoms with E-state index in [4.69, 9.17) is 0 Å². The van der Waals surface area contributed by atoms with Crippen molar-refractivity contribution >= 4 is 11.8 Å². The van der Waals surface area contributed by atoms with Gasteiger partial charge in [-0.3, -0.25) is 19.5 Å². The smallest absolute Gasteiger partial charge is 0.255 e. The molecule has 196 valence electrons. The van der Waals surface area contributed by atoms with Crippen molar-refractivity contribution in [1.82, 2.24) is 19.7 Å². The van der Waals surface area contributed by atoms with Crippen molar-refractivity contribution in [3.8, 4) is 0 Å². The molecule has 2 saturated heterocycles. The second-order valence-electron chi connectivity index (χ2n) is 11.9. The molecule has 2 bridgehead atoms. The van der Waals surface area contributed by atoms with Crippen molar-refractivity contribution in [1.29, 1.82) is 0 Å². The third-order valence-electron chi connectivity index (χ3n) is 9.41. The Bertz CT molecular complexity index is 1100. The first-order valence-electron chi connectivity index (χ1n) is 14.3. The third-order valence-corrected chi connectivity index (χ3v) is 9.41. The second kappa shape index (κ2) is 10.2. The number of hydrogen-bond donors (Lipinski definition) is 0. The molecule has 0 N–H and O–H groups in total. The minimum atomic E-state index is 0.135. The largest absolute Gasteiger partial charge is 0.338 e. The minimum Gasteiger partial charge on any atom is -0.338 e. The first-order valence-corrected chi connectivity index (χ1v) is 14.3. The van der Waals surface area contributed by atoms with E-state index in [0.717, 1.165) is 75.2 Å². The fraction of sp³-hybridized carbons (Fsp3) is 0.581. The highest BCUT2D eigenvalue weighted by Gasteiger charge is 2.49. The number of amides is 2. The molecule has 1 aromatic carbocycles. The first kappa shape index (κ1) is 24.6. The minimum absolute atomic E-state index is 0.135. The van der Waals surface area contributed by atoms with E-state index in [1.54, 1.807) is 6.20 Å². The lowest BCUT2D eigenvalue weighted by atomic mass is 9.87. The van der Waals surface area contributed by atoms with Crippen LogP contribution in [0.25, 0.3) is 0 Å². The molecule has 2 saturated carbocycles. The standard InChI is InChI=1S/C31H40N4O2/c1-21-12-15-32-22(2)28(21)31(37)33-16-13-27(14-17-33)34-19-25-10-11-26(20-34)29(25)35(30(36)24-8-9-24)18-23-6-4-3-5-7-23/h3-7,12,15,24-27,29H,8-11,13-14,16-20H2,1-2H3. The molecular weight excluding hydrogens is 460 g/mol. The van der Waals surface area contributed by atoms with Gasteiger partial charge in [-0.15, -0.1) is 0 Å². The predicted octanol–water partition coefficient (Wildman–Crippen LogP) is 4.45. The van der Waals surface area contributed by atoms with Gasteiger partial charge in [0.2, 0.25) is 5.91 Å². The van der Waals surface area contributed by atoms with Crippen LogP contribution in [0.1, 0.15) is 65.7 Å². The summed E-state index contributed by atoms with van der Waals surface area (Å²) in [6.45, 7) is 8.49. The lowest BCUT2D eigenvalue weighted by Crippen LogP contribution is -2.58. The van der Waals surface area contributed by atoms with Crippen LogP contribution in [0.3, 0.4) is 0 Å². The van der Waals surface area contributed by atoms with Gasteiger partial charge in [-0.05, 0) is 81.4 Å². The van der Waals surface area contributed by atoms with Gasteiger partial charge < -0.3 is 9.80 Å². The molecule has 2 aromatic rings. The summed E-state index contributed by atoms with van der Waals surface area (Å²) in [6.07, 6.45) is 8.43.